The Hall–Kier alpha value is -1.90. The molecule has 2 aliphatic carbocycles. The Morgan fingerprint density at radius 1 is 1.35 bits per heavy atom. The maximum atomic E-state index is 11.4. The van der Waals surface area contributed by atoms with Crippen molar-refractivity contribution in [2.24, 2.45) is 0 Å². The van der Waals surface area contributed by atoms with Gasteiger partial charge in [0.1, 0.15) is 11.5 Å². The average molecular weight is 314 g/mol. The molecule has 23 heavy (non-hydrogen) atoms. The Morgan fingerprint density at radius 3 is 2.70 bits per heavy atom. The van der Waals surface area contributed by atoms with Crippen molar-refractivity contribution in [3.63, 3.8) is 0 Å². The number of carboxylic acid groups (broad SMARTS) is 1. The van der Waals surface area contributed by atoms with Crippen LogP contribution < -0.4 is 0 Å². The van der Waals surface area contributed by atoms with Crippen LogP contribution in [0.15, 0.2) is 23.8 Å². The highest BCUT2D eigenvalue weighted by molar-refractivity contribution is 5.74. The molecule has 2 aliphatic rings. The molecule has 0 heterocycles. The monoisotopic (exact) mass is 314 g/mol. The molecule has 3 rings (SSSR count). The van der Waals surface area contributed by atoms with Crippen molar-refractivity contribution in [1.29, 1.82) is 0 Å². The van der Waals surface area contributed by atoms with Gasteiger partial charge in [-0.2, -0.15) is 0 Å². The molecule has 1 fully saturated rings. The first-order chi connectivity index (χ1) is 11.1. The molecule has 0 aromatic heterocycles. The highest BCUT2D eigenvalue weighted by Crippen LogP contribution is 2.46. The Morgan fingerprint density at radius 2 is 2.09 bits per heavy atom. The predicted molar refractivity (Wildman–Crippen MR) is 86.1 cm³/mol. The van der Waals surface area contributed by atoms with E-state index in [1.54, 1.807) is 0 Å². The summed E-state index contributed by atoms with van der Waals surface area (Å²) < 4.78 is 5.54. The molecule has 1 aromatic carbocycles. The maximum Gasteiger partial charge on any atom is 0.307 e. The Bertz CT molecular complexity index is 666. The minimum atomic E-state index is -1.16. The summed E-state index contributed by atoms with van der Waals surface area (Å²) in [4.78, 5) is 22.7. The summed E-state index contributed by atoms with van der Waals surface area (Å²) >= 11 is 0. The molecule has 1 N–H and O–H groups in total. The molecule has 1 atom stereocenters. The van der Waals surface area contributed by atoms with Crippen molar-refractivity contribution in [1.82, 2.24) is 0 Å². The number of rotatable bonds is 4. The Kier molecular flexibility index (Phi) is 4.38. The van der Waals surface area contributed by atoms with Gasteiger partial charge in [0.25, 0.3) is 0 Å². The topological polar surface area (TPSA) is 63.6 Å². The largest absolute Gasteiger partial charge is 0.481 e. The third-order valence-electron chi connectivity index (χ3n) is 5.37. The van der Waals surface area contributed by atoms with Gasteiger partial charge in [0.15, 0.2) is 0 Å². The summed E-state index contributed by atoms with van der Waals surface area (Å²) in [5.74, 6) is 1.53. The van der Waals surface area contributed by atoms with E-state index >= 15 is 0 Å². The standard InChI is InChI=1S/C19H22O4/c1-23-19(11-18(21)22)16(12-20)10-15-9-14(7-8-17(15)19)13-5-3-2-4-6-13/h7-9,13H,2-6,10-11H2,1H3,(H,21,22). The molecular weight excluding hydrogens is 292 g/mol. The first-order valence-corrected chi connectivity index (χ1v) is 8.25. The highest BCUT2D eigenvalue weighted by Gasteiger charge is 2.46. The van der Waals surface area contributed by atoms with Crippen LogP contribution in [0.2, 0.25) is 0 Å². The lowest BCUT2D eigenvalue weighted by Gasteiger charge is -2.28. The van der Waals surface area contributed by atoms with Crippen LogP contribution in [0.1, 0.15) is 61.1 Å². The summed E-state index contributed by atoms with van der Waals surface area (Å²) in [7, 11) is 1.46. The second-order valence-electron chi connectivity index (χ2n) is 6.61. The molecule has 4 heteroatoms. The van der Waals surface area contributed by atoms with E-state index in [0.29, 0.717) is 17.9 Å². The lowest BCUT2D eigenvalue weighted by molar-refractivity contribution is -0.142. The van der Waals surface area contributed by atoms with Gasteiger partial charge in [-0.3, -0.25) is 4.79 Å². The van der Waals surface area contributed by atoms with Crippen molar-refractivity contribution in [3.05, 3.63) is 40.5 Å². The normalized spacial score (nSPS) is 24.3. The molecule has 1 aromatic rings. The van der Waals surface area contributed by atoms with Gasteiger partial charge in [0.2, 0.25) is 0 Å². The predicted octanol–water partition coefficient (Wildman–Crippen LogP) is 3.36. The molecule has 0 aliphatic heterocycles. The van der Waals surface area contributed by atoms with Crippen LogP contribution in [0.25, 0.3) is 0 Å². The molecule has 4 nitrogen and oxygen atoms in total. The van der Waals surface area contributed by atoms with Crippen molar-refractivity contribution < 1.29 is 19.4 Å². The van der Waals surface area contributed by atoms with Crippen LogP contribution in [-0.2, 0) is 26.3 Å². The molecule has 0 spiro atoms. The third kappa shape index (κ3) is 2.73. The fraction of sp³-hybridized carbons (Fsp3) is 0.526. The number of fused-ring (bicyclic) bond motifs is 1. The first kappa shape index (κ1) is 16.0. The molecule has 122 valence electrons. The minimum absolute atomic E-state index is 0.246. The zero-order valence-corrected chi connectivity index (χ0v) is 13.4. The van der Waals surface area contributed by atoms with Crippen LogP contribution in [0, 0.1) is 0 Å². The summed E-state index contributed by atoms with van der Waals surface area (Å²) in [6.07, 6.45) is 6.44. The van der Waals surface area contributed by atoms with Crippen molar-refractivity contribution in [2.45, 2.75) is 56.5 Å². The van der Waals surface area contributed by atoms with E-state index in [4.69, 9.17) is 4.74 Å². The lowest BCUT2D eigenvalue weighted by atomic mass is 9.82. The average Bonchev–Trinajstić information content (AvgIpc) is 2.88. The number of benzene rings is 1. The second kappa shape index (κ2) is 6.31. The second-order valence-corrected chi connectivity index (χ2v) is 6.61. The van der Waals surface area contributed by atoms with Gasteiger partial charge in [-0.25, -0.2) is 4.79 Å². The van der Waals surface area contributed by atoms with E-state index in [0.717, 1.165) is 11.1 Å². The smallest absolute Gasteiger partial charge is 0.307 e. The van der Waals surface area contributed by atoms with Gasteiger partial charge in [0.05, 0.1) is 12.0 Å². The van der Waals surface area contributed by atoms with E-state index in [-0.39, 0.29) is 6.42 Å². The number of methoxy groups -OCH3 is 1. The molecule has 0 amide bonds. The van der Waals surface area contributed by atoms with E-state index in [9.17, 15) is 14.7 Å². The number of ether oxygens (including phenoxy) is 1. The van der Waals surface area contributed by atoms with Crippen molar-refractivity contribution >= 4 is 11.9 Å². The molecular formula is C19H22O4. The van der Waals surface area contributed by atoms with Crippen LogP contribution in [-0.4, -0.2) is 24.1 Å². The molecule has 0 saturated heterocycles. The number of hydrogen-bond donors (Lipinski definition) is 1. The summed E-state index contributed by atoms with van der Waals surface area (Å²) in [5, 5.41) is 9.24. The summed E-state index contributed by atoms with van der Waals surface area (Å²) in [6, 6.07) is 6.18. The van der Waals surface area contributed by atoms with Crippen LogP contribution >= 0.6 is 0 Å². The third-order valence-corrected chi connectivity index (χ3v) is 5.37. The van der Waals surface area contributed by atoms with Crippen molar-refractivity contribution in [3.8, 4) is 0 Å². The van der Waals surface area contributed by atoms with Crippen LogP contribution in [0.3, 0.4) is 0 Å². The maximum absolute atomic E-state index is 11.4. The minimum Gasteiger partial charge on any atom is -0.481 e. The highest BCUT2D eigenvalue weighted by atomic mass is 16.5. The van der Waals surface area contributed by atoms with Gasteiger partial charge in [-0.15, -0.1) is 0 Å². The number of hydrogen-bond acceptors (Lipinski definition) is 3. The number of carbonyl (C=O) groups is 1. The van der Waals surface area contributed by atoms with E-state index < -0.39 is 11.6 Å². The van der Waals surface area contributed by atoms with E-state index in [2.05, 4.69) is 12.1 Å². The van der Waals surface area contributed by atoms with Gasteiger partial charge in [-0.1, -0.05) is 37.5 Å². The lowest BCUT2D eigenvalue weighted by Crippen LogP contribution is -2.31. The first-order valence-electron chi connectivity index (χ1n) is 8.25. The SMILES string of the molecule is COC1(CC(=O)O)C(=C=O)Cc2cc(C3CCCCC3)ccc21. The van der Waals surface area contributed by atoms with Crippen molar-refractivity contribution in [2.75, 3.05) is 7.11 Å². The number of carboxylic acids is 1. The fourth-order valence-corrected chi connectivity index (χ4v) is 4.18. The Balaban J connectivity index is 2.01. The summed E-state index contributed by atoms with van der Waals surface area (Å²) in [5.41, 5.74) is 2.34. The van der Waals surface area contributed by atoms with Gasteiger partial charge in [-0.05, 0) is 35.4 Å². The number of aliphatic carboxylic acids is 1. The fourth-order valence-electron chi connectivity index (χ4n) is 4.18. The van der Waals surface area contributed by atoms with Crippen LogP contribution in [0.5, 0.6) is 0 Å². The number of carbonyl (C=O) groups excluding carboxylic acids is 1. The molecule has 0 radical (unpaired) electrons. The van der Waals surface area contributed by atoms with Gasteiger partial charge < -0.3 is 9.84 Å². The Labute approximate surface area is 136 Å². The molecule has 1 unspecified atom stereocenters. The molecule has 0 bridgehead atoms. The van der Waals surface area contributed by atoms with E-state index in [1.807, 2.05) is 12.0 Å². The van der Waals surface area contributed by atoms with E-state index in [1.165, 1.54) is 44.8 Å². The zero-order chi connectivity index (χ0) is 16.4. The molecule has 1 saturated carbocycles. The zero-order valence-electron chi connectivity index (χ0n) is 13.4. The van der Waals surface area contributed by atoms with Gasteiger partial charge >= 0.3 is 5.97 Å². The van der Waals surface area contributed by atoms with Gasteiger partial charge in [0, 0.05) is 13.5 Å². The summed E-state index contributed by atoms with van der Waals surface area (Å²) in [6.45, 7) is 0. The van der Waals surface area contributed by atoms with Crippen LogP contribution in [0.4, 0.5) is 0 Å². The quantitative estimate of drug-likeness (QED) is 0.866.